The third-order valence-corrected chi connectivity index (χ3v) is 7.75. The van der Waals surface area contributed by atoms with Gasteiger partial charge in [-0.3, -0.25) is 13.9 Å². The van der Waals surface area contributed by atoms with Crippen LogP contribution in [0.3, 0.4) is 0 Å². The predicted octanol–water partition coefficient (Wildman–Crippen LogP) is 5.73. The van der Waals surface area contributed by atoms with Crippen LogP contribution in [-0.4, -0.2) is 33.3 Å². The molecule has 2 N–H and O–H groups in total. The average Bonchev–Trinajstić information content (AvgIpc) is 3.00. The maximum absolute atomic E-state index is 13.8. The van der Waals surface area contributed by atoms with Crippen molar-refractivity contribution in [3.63, 3.8) is 0 Å². The van der Waals surface area contributed by atoms with Crippen LogP contribution >= 0.6 is 11.6 Å². The van der Waals surface area contributed by atoms with E-state index >= 15 is 0 Å². The molecule has 0 amide bonds. The van der Waals surface area contributed by atoms with Gasteiger partial charge in [-0.1, -0.05) is 48.0 Å². The average molecular weight is 607 g/mol. The van der Waals surface area contributed by atoms with E-state index in [0.29, 0.717) is 34.4 Å². The van der Waals surface area contributed by atoms with Crippen molar-refractivity contribution in [3.8, 4) is 28.3 Å². The monoisotopic (exact) mass is 606 g/mol. The lowest BCUT2D eigenvalue weighted by Crippen LogP contribution is -2.37. The Hall–Kier alpha value is -4.61. The van der Waals surface area contributed by atoms with Crippen molar-refractivity contribution in [2.45, 2.75) is 19.9 Å². The zero-order chi connectivity index (χ0) is 31.0. The molecule has 2 aromatic carbocycles. The quantitative estimate of drug-likeness (QED) is 0.232. The number of hydrogen-bond donors (Lipinski definition) is 2. The van der Waals surface area contributed by atoms with Crippen molar-refractivity contribution < 1.29 is 13.5 Å². The number of rotatable bonds is 8. The van der Waals surface area contributed by atoms with Gasteiger partial charge in [-0.25, -0.2) is 23.5 Å². The fraction of sp³-hybridized carbons (Fsp3) is 0.226. The third kappa shape index (κ3) is 5.37. The summed E-state index contributed by atoms with van der Waals surface area (Å²) in [6, 6.07) is 15.9. The van der Waals surface area contributed by atoms with Gasteiger partial charge >= 0.3 is 5.69 Å². The van der Waals surface area contributed by atoms with Gasteiger partial charge in [0.25, 0.3) is 12.0 Å². The highest BCUT2D eigenvalue weighted by Crippen LogP contribution is 2.40. The Balaban J connectivity index is 1.63. The van der Waals surface area contributed by atoms with Crippen LogP contribution in [-0.2, 0) is 20.6 Å². The summed E-state index contributed by atoms with van der Waals surface area (Å²) in [5.41, 5.74) is 3.19. The second kappa shape index (κ2) is 11.9. The highest BCUT2D eigenvalue weighted by molar-refractivity contribution is 6.36. The minimum atomic E-state index is -2.92. The highest BCUT2D eigenvalue weighted by Gasteiger charge is 2.21. The molecule has 3 aromatic heterocycles. The maximum Gasteiger partial charge on any atom is 0.330 e. The van der Waals surface area contributed by atoms with Gasteiger partial charge in [-0.15, -0.1) is 0 Å². The first-order chi connectivity index (χ1) is 20.6. The lowest BCUT2D eigenvalue weighted by Gasteiger charge is -2.18. The van der Waals surface area contributed by atoms with Crippen LogP contribution in [0.15, 0.2) is 64.2 Å². The molecule has 0 aliphatic heterocycles. The Labute approximate surface area is 250 Å². The fourth-order valence-corrected chi connectivity index (χ4v) is 5.38. The summed E-state index contributed by atoms with van der Waals surface area (Å²) >= 11 is 6.98. The Morgan fingerprint density at radius 2 is 1.67 bits per heavy atom. The zero-order valence-electron chi connectivity index (χ0n) is 24.1. The number of aryl methyl sites for hydroxylation is 1. The standard InChI is InChI=1S/C31H29ClF2N6O3/c1-16-18(19-9-6-10-20(26(19)32)22-13-12-17(15-35-2)29(38-22)43-5)8-7-11-21(16)36-28-25-24(14-23(37-28)27(33)34)39(3)31(42)40(4)30(25)41/h6-14,27,35H,15H2,1-5H3,(H,36,37). The van der Waals surface area contributed by atoms with E-state index in [-0.39, 0.29) is 16.7 Å². The number of aromatic nitrogens is 4. The first kappa shape index (κ1) is 29.9. The van der Waals surface area contributed by atoms with Crippen molar-refractivity contribution in [1.82, 2.24) is 24.4 Å². The molecule has 0 saturated carbocycles. The van der Waals surface area contributed by atoms with Crippen molar-refractivity contribution in [1.29, 1.82) is 0 Å². The smallest absolute Gasteiger partial charge is 0.330 e. The van der Waals surface area contributed by atoms with Crippen molar-refractivity contribution in [3.05, 3.63) is 97.3 Å². The molecule has 0 unspecified atom stereocenters. The zero-order valence-corrected chi connectivity index (χ0v) is 24.9. The number of ether oxygens (including phenoxy) is 1. The third-order valence-electron chi connectivity index (χ3n) is 7.35. The minimum Gasteiger partial charge on any atom is -0.481 e. The first-order valence-electron chi connectivity index (χ1n) is 13.3. The molecule has 0 aliphatic carbocycles. The molecule has 0 bridgehead atoms. The maximum atomic E-state index is 13.8. The predicted molar refractivity (Wildman–Crippen MR) is 165 cm³/mol. The van der Waals surface area contributed by atoms with Crippen LogP contribution in [0.2, 0.25) is 5.02 Å². The summed E-state index contributed by atoms with van der Waals surface area (Å²) in [6.45, 7) is 2.44. The Kier molecular flexibility index (Phi) is 8.30. The molecule has 5 aromatic rings. The number of nitrogens with one attached hydrogen (secondary N) is 2. The molecule has 0 saturated heterocycles. The second-order valence-corrected chi connectivity index (χ2v) is 10.3. The van der Waals surface area contributed by atoms with Gasteiger partial charge < -0.3 is 15.4 Å². The molecule has 9 nitrogen and oxygen atoms in total. The number of nitrogens with zero attached hydrogens (tertiary/aromatic N) is 4. The van der Waals surface area contributed by atoms with E-state index in [0.717, 1.165) is 37.5 Å². The van der Waals surface area contributed by atoms with Gasteiger partial charge in [0.05, 0.1) is 23.3 Å². The number of pyridine rings is 2. The molecule has 3 heterocycles. The SMILES string of the molecule is CNCc1ccc(-c2cccc(-c3cccc(Nc4nc(C(F)F)cc5c4c(=O)n(C)c(=O)n5C)c3C)c2Cl)nc1OC. The van der Waals surface area contributed by atoms with Crippen LogP contribution in [0.4, 0.5) is 20.3 Å². The number of benzene rings is 2. The van der Waals surface area contributed by atoms with Gasteiger partial charge in [-0.2, -0.15) is 0 Å². The Morgan fingerprint density at radius 3 is 2.37 bits per heavy atom. The highest BCUT2D eigenvalue weighted by atomic mass is 35.5. The molecule has 0 aliphatic rings. The van der Waals surface area contributed by atoms with Gasteiger partial charge in [0.2, 0.25) is 5.88 Å². The number of alkyl halides is 2. The normalized spacial score (nSPS) is 11.4. The summed E-state index contributed by atoms with van der Waals surface area (Å²) < 4.78 is 35.2. The van der Waals surface area contributed by atoms with Crippen LogP contribution < -0.4 is 26.6 Å². The molecule has 5 rings (SSSR count). The van der Waals surface area contributed by atoms with Crippen molar-refractivity contribution >= 4 is 34.0 Å². The molecule has 12 heteroatoms. The van der Waals surface area contributed by atoms with Crippen molar-refractivity contribution in [2.24, 2.45) is 14.1 Å². The fourth-order valence-electron chi connectivity index (χ4n) is 5.06. The molecule has 43 heavy (non-hydrogen) atoms. The van der Waals surface area contributed by atoms with E-state index in [1.165, 1.54) is 14.1 Å². The lowest BCUT2D eigenvalue weighted by molar-refractivity contribution is 0.146. The van der Waals surface area contributed by atoms with Crippen LogP contribution in [0, 0.1) is 6.92 Å². The number of anilines is 2. The van der Waals surface area contributed by atoms with E-state index in [1.54, 1.807) is 19.2 Å². The van der Waals surface area contributed by atoms with Crippen LogP contribution in [0.25, 0.3) is 33.3 Å². The minimum absolute atomic E-state index is 0.0144. The topological polar surface area (TPSA) is 103 Å². The molecule has 0 spiro atoms. The van der Waals surface area contributed by atoms with Gasteiger partial charge in [0.15, 0.2) is 0 Å². The molecular formula is C31H29ClF2N6O3. The summed E-state index contributed by atoms with van der Waals surface area (Å²) in [4.78, 5) is 34.4. The number of fused-ring (bicyclic) bond motifs is 1. The summed E-state index contributed by atoms with van der Waals surface area (Å²) in [6.07, 6.45) is -2.92. The van der Waals surface area contributed by atoms with E-state index in [4.69, 9.17) is 16.3 Å². The summed E-state index contributed by atoms with van der Waals surface area (Å²) in [7, 11) is 6.15. The first-order valence-corrected chi connectivity index (χ1v) is 13.7. The number of halogens is 3. The number of hydrogen-bond acceptors (Lipinski definition) is 7. The number of methoxy groups -OCH3 is 1. The molecule has 222 valence electrons. The molecule has 0 radical (unpaired) electrons. The van der Waals surface area contributed by atoms with Crippen molar-refractivity contribution in [2.75, 3.05) is 19.5 Å². The van der Waals surface area contributed by atoms with E-state index in [1.807, 2.05) is 50.4 Å². The van der Waals surface area contributed by atoms with Gasteiger partial charge in [-0.05, 0) is 43.3 Å². The van der Waals surface area contributed by atoms with E-state index < -0.39 is 23.4 Å². The Morgan fingerprint density at radius 1 is 0.977 bits per heavy atom. The molecule has 0 atom stereocenters. The lowest BCUT2D eigenvalue weighted by atomic mass is 9.96. The Bertz CT molecular complexity index is 1990. The van der Waals surface area contributed by atoms with E-state index in [9.17, 15) is 18.4 Å². The van der Waals surface area contributed by atoms with E-state index in [2.05, 4.69) is 20.6 Å². The molecule has 0 fully saturated rings. The van der Waals surface area contributed by atoms with Crippen LogP contribution in [0.5, 0.6) is 5.88 Å². The summed E-state index contributed by atoms with van der Waals surface area (Å²) in [5, 5.41) is 6.65. The summed E-state index contributed by atoms with van der Waals surface area (Å²) in [5.74, 6) is 0.409. The van der Waals surface area contributed by atoms with Gasteiger partial charge in [0, 0.05) is 43.0 Å². The largest absolute Gasteiger partial charge is 0.481 e. The molecular weight excluding hydrogens is 578 g/mol. The second-order valence-electron chi connectivity index (χ2n) is 9.96. The van der Waals surface area contributed by atoms with Gasteiger partial charge in [0.1, 0.15) is 16.9 Å². The van der Waals surface area contributed by atoms with Crippen LogP contribution in [0.1, 0.15) is 23.2 Å².